The number of hydrogen-bond donors (Lipinski definition) is 1. The van der Waals surface area contributed by atoms with Gasteiger partial charge in [-0.3, -0.25) is 9.59 Å². The monoisotopic (exact) mass is 432 g/mol. The Bertz CT molecular complexity index is 1380. The van der Waals surface area contributed by atoms with Gasteiger partial charge in [-0.15, -0.1) is 0 Å². The van der Waals surface area contributed by atoms with Crippen LogP contribution in [0.3, 0.4) is 0 Å². The second kappa shape index (κ2) is 6.78. The summed E-state index contributed by atoms with van der Waals surface area (Å²) in [4.78, 5) is 25.2. The molecule has 0 unspecified atom stereocenters. The van der Waals surface area contributed by atoms with Crippen molar-refractivity contribution in [1.82, 2.24) is 4.31 Å². The van der Waals surface area contributed by atoms with Crippen LogP contribution in [-0.2, 0) is 16.4 Å². The van der Waals surface area contributed by atoms with Gasteiger partial charge >= 0.3 is 0 Å². The molecule has 0 radical (unpaired) electrons. The average molecular weight is 433 g/mol. The zero-order valence-electron chi connectivity index (χ0n) is 17.0. The van der Waals surface area contributed by atoms with Crippen molar-refractivity contribution in [1.29, 1.82) is 0 Å². The predicted molar refractivity (Wildman–Crippen MR) is 118 cm³/mol. The van der Waals surface area contributed by atoms with Crippen molar-refractivity contribution in [3.8, 4) is 11.1 Å². The molecule has 0 bridgehead atoms. The maximum atomic E-state index is 12.8. The van der Waals surface area contributed by atoms with E-state index in [0.717, 1.165) is 21.9 Å². The van der Waals surface area contributed by atoms with Gasteiger partial charge in [0.15, 0.2) is 0 Å². The molecule has 0 aromatic heterocycles. The van der Waals surface area contributed by atoms with Gasteiger partial charge in [-0.1, -0.05) is 30.3 Å². The van der Waals surface area contributed by atoms with Crippen LogP contribution < -0.4 is 5.32 Å². The van der Waals surface area contributed by atoms with Crippen LogP contribution in [0.25, 0.3) is 11.1 Å². The number of benzene rings is 3. The second-order valence-electron chi connectivity index (χ2n) is 8.07. The lowest BCUT2D eigenvalue weighted by Crippen LogP contribution is -2.36. The third-order valence-corrected chi connectivity index (χ3v) is 7.73. The molecule has 6 nitrogen and oxygen atoms in total. The minimum atomic E-state index is -3.96. The van der Waals surface area contributed by atoms with Crippen molar-refractivity contribution in [2.75, 3.05) is 5.32 Å². The van der Waals surface area contributed by atoms with E-state index in [-0.39, 0.29) is 16.0 Å². The summed E-state index contributed by atoms with van der Waals surface area (Å²) in [6.45, 7) is 3.28. The number of fused-ring (bicyclic) bond motifs is 4. The molecule has 2 amide bonds. The highest BCUT2D eigenvalue weighted by Crippen LogP contribution is 2.38. The van der Waals surface area contributed by atoms with Crippen LogP contribution in [0.2, 0.25) is 0 Å². The number of hydrogen-bond acceptors (Lipinski definition) is 4. The molecule has 0 fully saturated rings. The Kier molecular flexibility index (Phi) is 4.27. The molecule has 1 heterocycles. The third-order valence-electron chi connectivity index (χ3n) is 5.73. The minimum absolute atomic E-state index is 0.0977. The summed E-state index contributed by atoms with van der Waals surface area (Å²) in [5, 5.41) is 2.85. The molecule has 31 heavy (non-hydrogen) atoms. The Morgan fingerprint density at radius 2 is 1.65 bits per heavy atom. The summed E-state index contributed by atoms with van der Waals surface area (Å²) < 4.78 is 26.4. The summed E-state index contributed by atoms with van der Waals surface area (Å²) in [7, 11) is -3.96. The zero-order chi connectivity index (χ0) is 21.9. The first-order valence-electron chi connectivity index (χ1n) is 10.0. The Hall–Kier alpha value is -3.45. The molecule has 3 aromatic carbocycles. The third kappa shape index (κ3) is 2.96. The largest absolute Gasteiger partial charge is 0.322 e. The van der Waals surface area contributed by atoms with Crippen molar-refractivity contribution in [3.05, 3.63) is 82.9 Å². The molecular weight excluding hydrogens is 412 g/mol. The first-order chi connectivity index (χ1) is 14.8. The zero-order valence-corrected chi connectivity index (χ0v) is 17.9. The Morgan fingerprint density at radius 1 is 0.935 bits per heavy atom. The van der Waals surface area contributed by atoms with Crippen molar-refractivity contribution in [2.45, 2.75) is 31.2 Å². The number of carbonyl (C=O) groups excluding carboxylic acids is 2. The van der Waals surface area contributed by atoms with Gasteiger partial charge < -0.3 is 5.32 Å². The van der Waals surface area contributed by atoms with Crippen LogP contribution in [0.1, 0.15) is 45.7 Å². The van der Waals surface area contributed by atoms with E-state index in [1.165, 1.54) is 29.3 Å². The van der Waals surface area contributed by atoms with E-state index in [2.05, 4.69) is 17.4 Å². The maximum absolute atomic E-state index is 12.8. The van der Waals surface area contributed by atoms with Gasteiger partial charge in [-0.05, 0) is 72.9 Å². The molecule has 3 aromatic rings. The van der Waals surface area contributed by atoms with Crippen LogP contribution >= 0.6 is 0 Å². The van der Waals surface area contributed by atoms with Crippen molar-refractivity contribution < 1.29 is 18.0 Å². The highest BCUT2D eigenvalue weighted by molar-refractivity contribution is 7.90. The molecule has 0 saturated heterocycles. The van der Waals surface area contributed by atoms with Gasteiger partial charge in [0, 0.05) is 17.3 Å². The molecule has 0 saturated carbocycles. The highest BCUT2D eigenvalue weighted by Gasteiger charge is 2.42. The fraction of sp³-hybridized carbons (Fsp3) is 0.167. The van der Waals surface area contributed by atoms with Crippen LogP contribution in [0.5, 0.6) is 0 Å². The van der Waals surface area contributed by atoms with E-state index in [1.807, 2.05) is 30.3 Å². The minimum Gasteiger partial charge on any atom is -0.322 e. The number of sulfonamides is 1. The van der Waals surface area contributed by atoms with E-state index < -0.39 is 27.9 Å². The lowest BCUT2D eigenvalue weighted by molar-refractivity contribution is 0.0846. The molecule has 0 atom stereocenters. The van der Waals surface area contributed by atoms with Gasteiger partial charge in [0.25, 0.3) is 21.8 Å². The SMILES string of the molecule is CC(C)N1C(=O)c2ccc(C(=O)Nc3ccc4c(c3)Cc3ccccc3-4)cc2S1(=O)=O. The summed E-state index contributed by atoms with van der Waals surface area (Å²) in [6, 6.07) is 17.7. The molecule has 2 aliphatic rings. The van der Waals surface area contributed by atoms with Gasteiger partial charge in [-0.2, -0.15) is 0 Å². The number of nitrogens with one attached hydrogen (secondary N) is 1. The number of anilines is 1. The van der Waals surface area contributed by atoms with Crippen molar-refractivity contribution in [2.24, 2.45) is 0 Å². The standard InChI is InChI=1S/C24H20N2O4S/c1-14(2)26-24(28)21-9-7-16(13-22(21)31(26,29)30)23(27)25-18-8-10-20-17(12-18)11-15-5-3-4-6-19(15)20/h3-10,12-14H,11H2,1-2H3,(H,25,27). The van der Waals surface area contributed by atoms with E-state index in [9.17, 15) is 18.0 Å². The van der Waals surface area contributed by atoms with E-state index in [1.54, 1.807) is 13.8 Å². The van der Waals surface area contributed by atoms with Gasteiger partial charge in [0.2, 0.25) is 0 Å². The molecule has 156 valence electrons. The second-order valence-corrected chi connectivity index (χ2v) is 9.85. The summed E-state index contributed by atoms with van der Waals surface area (Å²) in [5.41, 5.74) is 5.67. The number of nitrogens with zero attached hydrogens (tertiary/aromatic N) is 1. The smallest absolute Gasteiger partial charge is 0.269 e. The van der Waals surface area contributed by atoms with Crippen LogP contribution in [0.4, 0.5) is 5.69 Å². The predicted octanol–water partition coefficient (Wildman–Crippen LogP) is 4.06. The number of rotatable bonds is 3. The van der Waals surface area contributed by atoms with Crippen molar-refractivity contribution >= 4 is 27.5 Å². The Morgan fingerprint density at radius 3 is 2.42 bits per heavy atom. The van der Waals surface area contributed by atoms with E-state index >= 15 is 0 Å². The van der Waals surface area contributed by atoms with Crippen molar-refractivity contribution in [3.63, 3.8) is 0 Å². The van der Waals surface area contributed by atoms with Crippen LogP contribution in [-0.4, -0.2) is 30.6 Å². The average Bonchev–Trinajstić information content (AvgIpc) is 3.19. The maximum Gasteiger partial charge on any atom is 0.269 e. The normalized spacial score (nSPS) is 15.6. The van der Waals surface area contributed by atoms with Gasteiger partial charge in [0.1, 0.15) is 4.90 Å². The molecule has 7 heteroatoms. The lowest BCUT2D eigenvalue weighted by atomic mass is 10.1. The summed E-state index contributed by atoms with van der Waals surface area (Å²) in [6.07, 6.45) is 0.805. The first-order valence-corrected chi connectivity index (χ1v) is 11.5. The molecule has 5 rings (SSSR count). The quantitative estimate of drug-likeness (QED) is 0.529. The molecule has 1 N–H and O–H groups in total. The van der Waals surface area contributed by atoms with Crippen LogP contribution in [0, 0.1) is 0 Å². The highest BCUT2D eigenvalue weighted by atomic mass is 32.2. The Balaban J connectivity index is 1.43. The fourth-order valence-electron chi connectivity index (χ4n) is 4.33. The first kappa shape index (κ1) is 19.5. The fourth-order valence-corrected chi connectivity index (χ4v) is 6.12. The number of amides is 2. The molecule has 1 aliphatic carbocycles. The lowest BCUT2D eigenvalue weighted by Gasteiger charge is -2.18. The van der Waals surface area contributed by atoms with Crippen LogP contribution in [0.15, 0.2) is 65.6 Å². The molecular formula is C24H20N2O4S. The van der Waals surface area contributed by atoms with E-state index in [0.29, 0.717) is 5.69 Å². The summed E-state index contributed by atoms with van der Waals surface area (Å²) in [5.74, 6) is -0.987. The number of carbonyl (C=O) groups is 2. The Labute approximate surface area is 180 Å². The van der Waals surface area contributed by atoms with Gasteiger partial charge in [0.05, 0.1) is 5.56 Å². The molecule has 0 spiro atoms. The summed E-state index contributed by atoms with van der Waals surface area (Å²) >= 11 is 0. The molecule has 1 aliphatic heterocycles. The topological polar surface area (TPSA) is 83.6 Å². The van der Waals surface area contributed by atoms with E-state index in [4.69, 9.17) is 0 Å². The van der Waals surface area contributed by atoms with Gasteiger partial charge in [-0.25, -0.2) is 12.7 Å².